The molecular formula is C20H17N3O2. The van der Waals surface area contributed by atoms with Crippen LogP contribution in [0.1, 0.15) is 41.6 Å². The molecular weight excluding hydrogens is 314 g/mol. The summed E-state index contributed by atoms with van der Waals surface area (Å²) >= 11 is 0. The summed E-state index contributed by atoms with van der Waals surface area (Å²) in [7, 11) is 0. The van der Waals surface area contributed by atoms with Crippen LogP contribution in [0.15, 0.2) is 42.5 Å². The van der Waals surface area contributed by atoms with Gasteiger partial charge in [0.15, 0.2) is 5.78 Å². The number of carbonyl (C=O) groups is 2. The Kier molecular flexibility index (Phi) is 2.95. The molecule has 2 aromatic carbocycles. The van der Waals surface area contributed by atoms with Crippen LogP contribution in [0.2, 0.25) is 0 Å². The largest absolute Gasteiger partial charge is 0.300 e. The SMILES string of the molecule is O=C1CCC2(CC1)Cc1ccc(-n3nnc4ccccc43)cc1C2=O. The van der Waals surface area contributed by atoms with E-state index in [1.54, 1.807) is 4.68 Å². The normalized spacial score (nSPS) is 18.9. The molecule has 0 aliphatic heterocycles. The first-order valence-corrected chi connectivity index (χ1v) is 8.67. The molecule has 0 radical (unpaired) electrons. The fraction of sp³-hybridized carbons (Fsp3) is 0.300. The van der Waals surface area contributed by atoms with E-state index in [0.29, 0.717) is 25.7 Å². The number of carbonyl (C=O) groups excluding carboxylic acids is 2. The first-order valence-electron chi connectivity index (χ1n) is 8.67. The predicted octanol–water partition coefficient (Wildman–Crippen LogP) is 3.29. The number of hydrogen-bond acceptors (Lipinski definition) is 4. The molecule has 5 rings (SSSR count). The summed E-state index contributed by atoms with van der Waals surface area (Å²) in [6.07, 6.45) is 3.18. The van der Waals surface area contributed by atoms with Gasteiger partial charge in [-0.2, -0.15) is 0 Å². The van der Waals surface area contributed by atoms with E-state index in [4.69, 9.17) is 0 Å². The summed E-state index contributed by atoms with van der Waals surface area (Å²) in [6, 6.07) is 13.7. The molecule has 0 unspecified atom stereocenters. The minimum absolute atomic E-state index is 0.196. The molecule has 0 amide bonds. The van der Waals surface area contributed by atoms with Gasteiger partial charge >= 0.3 is 0 Å². The van der Waals surface area contributed by atoms with E-state index in [0.717, 1.165) is 34.3 Å². The van der Waals surface area contributed by atoms with Gasteiger partial charge in [-0.25, -0.2) is 4.68 Å². The second-order valence-electron chi connectivity index (χ2n) is 7.16. The van der Waals surface area contributed by atoms with Gasteiger partial charge in [0.1, 0.15) is 11.3 Å². The van der Waals surface area contributed by atoms with Crippen LogP contribution in [0.25, 0.3) is 16.7 Å². The molecule has 1 aromatic heterocycles. The maximum Gasteiger partial charge on any atom is 0.169 e. The lowest BCUT2D eigenvalue weighted by Crippen LogP contribution is -2.33. The average Bonchev–Trinajstić information content (AvgIpc) is 3.18. The highest BCUT2D eigenvalue weighted by atomic mass is 16.1. The van der Waals surface area contributed by atoms with Crippen molar-refractivity contribution in [2.45, 2.75) is 32.1 Å². The van der Waals surface area contributed by atoms with Crippen molar-refractivity contribution in [3.8, 4) is 5.69 Å². The Morgan fingerprint density at radius 2 is 1.80 bits per heavy atom. The van der Waals surface area contributed by atoms with E-state index in [1.807, 2.05) is 42.5 Å². The summed E-state index contributed by atoms with van der Waals surface area (Å²) in [6.45, 7) is 0. The van der Waals surface area contributed by atoms with Crippen LogP contribution in [0.3, 0.4) is 0 Å². The van der Waals surface area contributed by atoms with Gasteiger partial charge in [0, 0.05) is 23.8 Å². The Labute approximate surface area is 144 Å². The van der Waals surface area contributed by atoms with Gasteiger partial charge < -0.3 is 0 Å². The molecule has 2 aliphatic carbocycles. The van der Waals surface area contributed by atoms with Crippen molar-refractivity contribution in [2.75, 3.05) is 0 Å². The number of benzene rings is 2. The maximum atomic E-state index is 13.1. The fourth-order valence-corrected chi connectivity index (χ4v) is 4.26. The van der Waals surface area contributed by atoms with E-state index in [9.17, 15) is 9.59 Å². The van der Waals surface area contributed by atoms with E-state index >= 15 is 0 Å². The predicted molar refractivity (Wildman–Crippen MR) is 92.8 cm³/mol. The number of rotatable bonds is 1. The van der Waals surface area contributed by atoms with Crippen molar-refractivity contribution < 1.29 is 9.59 Å². The molecule has 1 heterocycles. The van der Waals surface area contributed by atoms with Gasteiger partial charge in [0.25, 0.3) is 0 Å². The number of hydrogen-bond donors (Lipinski definition) is 0. The topological polar surface area (TPSA) is 64.8 Å². The van der Waals surface area contributed by atoms with Crippen LogP contribution >= 0.6 is 0 Å². The zero-order valence-corrected chi connectivity index (χ0v) is 13.7. The monoisotopic (exact) mass is 331 g/mol. The minimum Gasteiger partial charge on any atom is -0.300 e. The standard InChI is InChI=1S/C20H17N3O2/c24-15-7-9-20(10-8-15)12-13-5-6-14(11-16(13)19(20)25)23-18-4-2-1-3-17(18)21-22-23/h1-6,11H,7-10,12H2. The molecule has 2 aliphatic rings. The number of fused-ring (bicyclic) bond motifs is 2. The Bertz CT molecular complexity index is 1020. The van der Waals surface area contributed by atoms with Crippen LogP contribution in [0.5, 0.6) is 0 Å². The van der Waals surface area contributed by atoms with Crippen molar-refractivity contribution >= 4 is 22.6 Å². The molecule has 0 N–H and O–H groups in total. The van der Waals surface area contributed by atoms with Crippen LogP contribution < -0.4 is 0 Å². The number of nitrogens with zero attached hydrogens (tertiary/aromatic N) is 3. The van der Waals surface area contributed by atoms with Gasteiger partial charge in [-0.15, -0.1) is 5.10 Å². The number of ketones is 2. The molecule has 0 saturated heterocycles. The highest BCUT2D eigenvalue weighted by Crippen LogP contribution is 2.46. The summed E-state index contributed by atoms with van der Waals surface area (Å²) < 4.78 is 1.78. The fourth-order valence-electron chi connectivity index (χ4n) is 4.26. The van der Waals surface area contributed by atoms with Crippen molar-refractivity contribution in [3.05, 3.63) is 53.6 Å². The highest BCUT2D eigenvalue weighted by molar-refractivity contribution is 6.06. The third-order valence-electron chi connectivity index (χ3n) is 5.71. The third-order valence-corrected chi connectivity index (χ3v) is 5.71. The number of aromatic nitrogens is 3. The van der Waals surface area contributed by atoms with Crippen molar-refractivity contribution in [3.63, 3.8) is 0 Å². The van der Waals surface area contributed by atoms with Gasteiger partial charge in [0.05, 0.1) is 11.2 Å². The Morgan fingerprint density at radius 1 is 1.00 bits per heavy atom. The molecule has 25 heavy (non-hydrogen) atoms. The maximum absolute atomic E-state index is 13.1. The van der Waals surface area contributed by atoms with E-state index in [2.05, 4.69) is 10.3 Å². The molecule has 5 nitrogen and oxygen atoms in total. The highest BCUT2D eigenvalue weighted by Gasteiger charge is 2.47. The molecule has 0 bridgehead atoms. The van der Waals surface area contributed by atoms with Crippen molar-refractivity contribution in [2.24, 2.45) is 5.41 Å². The second kappa shape index (κ2) is 5.09. The quantitative estimate of drug-likeness (QED) is 0.686. The zero-order valence-electron chi connectivity index (χ0n) is 13.7. The van der Waals surface area contributed by atoms with Crippen molar-refractivity contribution in [1.82, 2.24) is 15.0 Å². The molecule has 3 aromatic rings. The van der Waals surface area contributed by atoms with E-state index in [1.165, 1.54) is 0 Å². The van der Waals surface area contributed by atoms with Crippen LogP contribution in [-0.4, -0.2) is 26.6 Å². The second-order valence-corrected chi connectivity index (χ2v) is 7.16. The van der Waals surface area contributed by atoms with E-state index < -0.39 is 0 Å². The smallest absolute Gasteiger partial charge is 0.169 e. The molecule has 1 saturated carbocycles. The van der Waals surface area contributed by atoms with Gasteiger partial charge in [-0.1, -0.05) is 23.4 Å². The molecule has 1 spiro atoms. The van der Waals surface area contributed by atoms with Gasteiger partial charge in [-0.05, 0) is 49.1 Å². The zero-order chi connectivity index (χ0) is 17.0. The summed E-state index contributed by atoms with van der Waals surface area (Å²) in [5.74, 6) is 0.477. The van der Waals surface area contributed by atoms with E-state index in [-0.39, 0.29) is 17.0 Å². The van der Waals surface area contributed by atoms with Crippen molar-refractivity contribution in [1.29, 1.82) is 0 Å². The lowest BCUT2D eigenvalue weighted by atomic mass is 9.71. The average molecular weight is 331 g/mol. The molecule has 5 heteroatoms. The lowest BCUT2D eigenvalue weighted by Gasteiger charge is -2.30. The summed E-state index contributed by atoms with van der Waals surface area (Å²) in [5.41, 5.74) is 4.12. The van der Waals surface area contributed by atoms with Crippen LogP contribution in [0.4, 0.5) is 0 Å². The Morgan fingerprint density at radius 3 is 2.64 bits per heavy atom. The van der Waals surface area contributed by atoms with Gasteiger partial charge in [-0.3, -0.25) is 9.59 Å². The number of para-hydroxylation sites is 1. The molecule has 1 fully saturated rings. The third kappa shape index (κ3) is 2.08. The van der Waals surface area contributed by atoms with Crippen LogP contribution in [-0.2, 0) is 11.2 Å². The molecule has 124 valence electrons. The summed E-state index contributed by atoms with van der Waals surface area (Å²) in [5, 5.41) is 8.43. The molecule has 0 atom stereocenters. The Balaban J connectivity index is 1.57. The summed E-state index contributed by atoms with van der Waals surface area (Å²) in [4.78, 5) is 24.7. The minimum atomic E-state index is -0.362. The number of Topliss-reactive ketones (excluding diaryl/α,β-unsaturated/α-hetero) is 2. The van der Waals surface area contributed by atoms with Gasteiger partial charge in [0.2, 0.25) is 0 Å². The Hall–Kier alpha value is -2.82. The van der Waals surface area contributed by atoms with Crippen LogP contribution in [0, 0.1) is 5.41 Å². The lowest BCUT2D eigenvalue weighted by molar-refractivity contribution is -0.121. The first kappa shape index (κ1) is 14.5. The first-order chi connectivity index (χ1) is 12.2.